The van der Waals surface area contributed by atoms with Gasteiger partial charge in [0.15, 0.2) is 0 Å². The zero-order valence-corrected chi connectivity index (χ0v) is 12.0. The molecule has 0 aliphatic rings. The number of nitrogens with zero attached hydrogens (tertiary/aromatic N) is 2. The molecular weight excluding hydrogens is 210 g/mol. The summed E-state index contributed by atoms with van der Waals surface area (Å²) in [6.45, 7) is 12.2. The number of nitrogens with one attached hydrogen (secondary N) is 1. The van der Waals surface area contributed by atoms with Gasteiger partial charge in [-0.2, -0.15) is 0 Å². The summed E-state index contributed by atoms with van der Waals surface area (Å²) < 4.78 is 2.30. The zero-order valence-electron chi connectivity index (χ0n) is 12.0. The summed E-state index contributed by atoms with van der Waals surface area (Å²) in [7, 11) is 0. The molecule has 1 rings (SSSR count). The summed E-state index contributed by atoms with van der Waals surface area (Å²) in [6.07, 6.45) is 7.42. The quantitative estimate of drug-likeness (QED) is 0.770. The Morgan fingerprint density at radius 2 is 2.12 bits per heavy atom. The molecule has 1 atom stereocenters. The lowest BCUT2D eigenvalue weighted by Crippen LogP contribution is -2.36. The molecule has 17 heavy (non-hydrogen) atoms. The fourth-order valence-electron chi connectivity index (χ4n) is 2.02. The van der Waals surface area contributed by atoms with E-state index in [1.165, 1.54) is 18.7 Å². The van der Waals surface area contributed by atoms with E-state index in [2.05, 4.69) is 55.7 Å². The van der Waals surface area contributed by atoms with Crippen LogP contribution >= 0.6 is 0 Å². The van der Waals surface area contributed by atoms with E-state index in [9.17, 15) is 0 Å². The van der Waals surface area contributed by atoms with E-state index < -0.39 is 0 Å². The molecule has 0 saturated carbocycles. The van der Waals surface area contributed by atoms with Crippen molar-refractivity contribution in [1.29, 1.82) is 0 Å². The Morgan fingerprint density at radius 3 is 2.71 bits per heavy atom. The van der Waals surface area contributed by atoms with Crippen molar-refractivity contribution in [3.63, 3.8) is 0 Å². The van der Waals surface area contributed by atoms with Crippen LogP contribution in [0.4, 0.5) is 0 Å². The zero-order chi connectivity index (χ0) is 12.9. The summed E-state index contributed by atoms with van der Waals surface area (Å²) in [5, 5.41) is 3.53. The van der Waals surface area contributed by atoms with Crippen molar-refractivity contribution in [2.45, 2.75) is 65.5 Å². The van der Waals surface area contributed by atoms with Crippen LogP contribution in [0, 0.1) is 0 Å². The van der Waals surface area contributed by atoms with Crippen molar-refractivity contribution in [2.75, 3.05) is 6.54 Å². The molecule has 0 bridgehead atoms. The Balaban J connectivity index is 2.33. The number of aryl methyl sites for hydroxylation is 1. The molecule has 0 aliphatic carbocycles. The molecule has 0 spiro atoms. The van der Waals surface area contributed by atoms with Crippen molar-refractivity contribution in [2.24, 2.45) is 0 Å². The van der Waals surface area contributed by atoms with E-state index in [1.807, 2.05) is 6.20 Å². The van der Waals surface area contributed by atoms with Crippen LogP contribution in [0.5, 0.6) is 0 Å². The molecule has 1 N–H and O–H groups in total. The van der Waals surface area contributed by atoms with Gasteiger partial charge in [-0.05, 0) is 47.1 Å². The average molecular weight is 237 g/mol. The van der Waals surface area contributed by atoms with Crippen LogP contribution in [0.2, 0.25) is 0 Å². The largest absolute Gasteiger partial charge is 0.332 e. The smallest absolute Gasteiger partial charge is 0.108 e. The molecule has 0 aliphatic heterocycles. The summed E-state index contributed by atoms with van der Waals surface area (Å²) >= 11 is 0. The van der Waals surface area contributed by atoms with E-state index in [0.717, 1.165) is 13.0 Å². The SMILES string of the molecule is CCc1nccn1C(C)CCCNC(C)(C)C. The van der Waals surface area contributed by atoms with Gasteiger partial charge in [0.2, 0.25) is 0 Å². The highest BCUT2D eigenvalue weighted by atomic mass is 15.1. The summed E-state index contributed by atoms with van der Waals surface area (Å²) in [4.78, 5) is 4.37. The Labute approximate surface area is 106 Å². The van der Waals surface area contributed by atoms with Gasteiger partial charge in [-0.3, -0.25) is 0 Å². The lowest BCUT2D eigenvalue weighted by molar-refractivity contribution is 0.397. The van der Waals surface area contributed by atoms with Crippen molar-refractivity contribution >= 4 is 0 Å². The summed E-state index contributed by atoms with van der Waals surface area (Å²) in [6, 6.07) is 0.550. The van der Waals surface area contributed by atoms with Gasteiger partial charge in [0.1, 0.15) is 5.82 Å². The van der Waals surface area contributed by atoms with Gasteiger partial charge in [-0.25, -0.2) is 4.98 Å². The second-order valence-corrected chi connectivity index (χ2v) is 5.77. The number of imidazole rings is 1. The maximum absolute atomic E-state index is 4.37. The Bertz CT molecular complexity index is 322. The third-order valence-corrected chi connectivity index (χ3v) is 2.99. The van der Waals surface area contributed by atoms with Crippen molar-refractivity contribution < 1.29 is 0 Å². The highest BCUT2D eigenvalue weighted by molar-refractivity contribution is 4.94. The summed E-state index contributed by atoms with van der Waals surface area (Å²) in [5.41, 5.74) is 0.229. The minimum Gasteiger partial charge on any atom is -0.332 e. The topological polar surface area (TPSA) is 29.9 Å². The molecule has 1 unspecified atom stereocenters. The van der Waals surface area contributed by atoms with Crippen molar-refractivity contribution in [3.8, 4) is 0 Å². The van der Waals surface area contributed by atoms with E-state index in [1.54, 1.807) is 0 Å². The van der Waals surface area contributed by atoms with Crippen LogP contribution in [-0.4, -0.2) is 21.6 Å². The minimum atomic E-state index is 0.229. The van der Waals surface area contributed by atoms with Gasteiger partial charge in [-0.15, -0.1) is 0 Å². The highest BCUT2D eigenvalue weighted by Crippen LogP contribution is 2.15. The fraction of sp³-hybridized carbons (Fsp3) is 0.786. The molecule has 0 amide bonds. The predicted molar refractivity (Wildman–Crippen MR) is 73.3 cm³/mol. The van der Waals surface area contributed by atoms with Crippen LogP contribution in [0.15, 0.2) is 12.4 Å². The van der Waals surface area contributed by atoms with Crippen LogP contribution in [0.25, 0.3) is 0 Å². The van der Waals surface area contributed by atoms with Crippen molar-refractivity contribution in [1.82, 2.24) is 14.9 Å². The third-order valence-electron chi connectivity index (χ3n) is 2.99. The van der Waals surface area contributed by atoms with E-state index >= 15 is 0 Å². The van der Waals surface area contributed by atoms with E-state index in [4.69, 9.17) is 0 Å². The van der Waals surface area contributed by atoms with Crippen LogP contribution in [-0.2, 0) is 6.42 Å². The molecule has 0 aromatic carbocycles. The average Bonchev–Trinajstić information content (AvgIpc) is 2.70. The molecule has 0 saturated heterocycles. The first kappa shape index (κ1) is 14.2. The lowest BCUT2D eigenvalue weighted by Gasteiger charge is -2.21. The van der Waals surface area contributed by atoms with Crippen LogP contribution in [0.3, 0.4) is 0 Å². The molecule has 1 aromatic heterocycles. The minimum absolute atomic E-state index is 0.229. The van der Waals surface area contributed by atoms with Crippen LogP contribution in [0.1, 0.15) is 59.3 Å². The van der Waals surface area contributed by atoms with Crippen LogP contribution < -0.4 is 5.32 Å². The second kappa shape index (κ2) is 6.20. The van der Waals surface area contributed by atoms with Crippen molar-refractivity contribution in [3.05, 3.63) is 18.2 Å². The number of hydrogen-bond acceptors (Lipinski definition) is 2. The first-order valence-corrected chi connectivity index (χ1v) is 6.70. The molecule has 1 aromatic rings. The number of hydrogen-bond donors (Lipinski definition) is 1. The predicted octanol–water partition coefficient (Wildman–Crippen LogP) is 3.17. The third kappa shape index (κ3) is 4.90. The first-order chi connectivity index (χ1) is 7.94. The van der Waals surface area contributed by atoms with Gasteiger partial charge < -0.3 is 9.88 Å². The van der Waals surface area contributed by atoms with E-state index in [-0.39, 0.29) is 5.54 Å². The van der Waals surface area contributed by atoms with Gasteiger partial charge >= 0.3 is 0 Å². The summed E-state index contributed by atoms with van der Waals surface area (Å²) in [5.74, 6) is 1.20. The highest BCUT2D eigenvalue weighted by Gasteiger charge is 2.10. The molecule has 0 radical (unpaired) electrons. The molecule has 3 heteroatoms. The maximum atomic E-state index is 4.37. The molecular formula is C14H27N3. The van der Waals surface area contributed by atoms with E-state index in [0.29, 0.717) is 6.04 Å². The van der Waals surface area contributed by atoms with Gasteiger partial charge in [-0.1, -0.05) is 6.92 Å². The Kier molecular flexibility index (Phi) is 5.19. The first-order valence-electron chi connectivity index (χ1n) is 6.70. The van der Waals surface area contributed by atoms with Gasteiger partial charge in [0.05, 0.1) is 0 Å². The number of rotatable bonds is 6. The van der Waals surface area contributed by atoms with Gasteiger partial charge in [0.25, 0.3) is 0 Å². The Hall–Kier alpha value is -0.830. The molecule has 98 valence electrons. The Morgan fingerprint density at radius 1 is 1.41 bits per heavy atom. The lowest BCUT2D eigenvalue weighted by atomic mass is 10.1. The fourth-order valence-corrected chi connectivity index (χ4v) is 2.02. The monoisotopic (exact) mass is 237 g/mol. The van der Waals surface area contributed by atoms with Gasteiger partial charge in [0, 0.05) is 30.4 Å². The molecule has 3 nitrogen and oxygen atoms in total. The normalized spacial score (nSPS) is 13.9. The molecule has 0 fully saturated rings. The maximum Gasteiger partial charge on any atom is 0.108 e. The standard InChI is InChI=1S/C14H27N3/c1-6-13-15-10-11-17(13)12(2)8-7-9-16-14(3,4)5/h10-12,16H,6-9H2,1-5H3. The number of aromatic nitrogens is 2. The second-order valence-electron chi connectivity index (χ2n) is 5.77. The molecule has 1 heterocycles.